The summed E-state index contributed by atoms with van der Waals surface area (Å²) in [6.07, 6.45) is 2.26. The van der Waals surface area contributed by atoms with Crippen LogP contribution in [0.2, 0.25) is 0 Å². The maximum absolute atomic E-state index is 13.1. The Balaban J connectivity index is 0.00000180. The first-order chi connectivity index (χ1) is 12.6. The van der Waals surface area contributed by atoms with Crippen LogP contribution in [0.5, 0.6) is 0 Å². The van der Waals surface area contributed by atoms with Crippen molar-refractivity contribution in [2.45, 2.75) is 25.8 Å². The zero-order valence-corrected chi connectivity index (χ0v) is 16.8. The van der Waals surface area contributed by atoms with Gasteiger partial charge in [-0.3, -0.25) is 4.79 Å². The van der Waals surface area contributed by atoms with Gasteiger partial charge in [0.25, 0.3) is 5.91 Å². The molecule has 7 heteroatoms. The topological polar surface area (TPSA) is 64.2 Å². The molecule has 3 atom stereocenters. The number of fused-ring (bicyclic) bond motifs is 2. The highest BCUT2D eigenvalue weighted by atomic mass is 35.5. The van der Waals surface area contributed by atoms with Gasteiger partial charge in [0.15, 0.2) is 0 Å². The van der Waals surface area contributed by atoms with Crippen LogP contribution in [0.3, 0.4) is 0 Å². The fourth-order valence-electron chi connectivity index (χ4n) is 4.53. The van der Waals surface area contributed by atoms with Gasteiger partial charge in [-0.2, -0.15) is 5.10 Å². The number of halogens is 1. The van der Waals surface area contributed by atoms with Gasteiger partial charge >= 0.3 is 0 Å². The maximum Gasteiger partial charge on any atom is 0.264 e. The molecular formula is C20H23ClN4OS. The van der Waals surface area contributed by atoms with Crippen LogP contribution in [0.15, 0.2) is 36.4 Å². The minimum absolute atomic E-state index is 0. The Kier molecular flexibility index (Phi) is 4.74. The number of para-hydroxylation sites is 1. The molecule has 0 radical (unpaired) electrons. The second-order valence-corrected chi connectivity index (χ2v) is 8.57. The van der Waals surface area contributed by atoms with Crippen molar-refractivity contribution in [1.29, 1.82) is 0 Å². The third kappa shape index (κ3) is 2.96. The van der Waals surface area contributed by atoms with E-state index in [4.69, 9.17) is 5.73 Å². The summed E-state index contributed by atoms with van der Waals surface area (Å²) in [5.74, 6) is 1.21. The van der Waals surface area contributed by atoms with Gasteiger partial charge in [0, 0.05) is 24.5 Å². The molecule has 2 fully saturated rings. The number of nitrogens with two attached hydrogens (primary N) is 1. The molecule has 3 aromatic rings. The Labute approximate surface area is 168 Å². The molecule has 142 valence electrons. The summed E-state index contributed by atoms with van der Waals surface area (Å²) in [4.78, 5) is 16.9. The second-order valence-electron chi connectivity index (χ2n) is 7.54. The van der Waals surface area contributed by atoms with E-state index >= 15 is 0 Å². The molecule has 27 heavy (non-hydrogen) atoms. The molecular weight excluding hydrogens is 380 g/mol. The van der Waals surface area contributed by atoms with Crippen LogP contribution in [-0.4, -0.2) is 39.7 Å². The van der Waals surface area contributed by atoms with E-state index in [0.717, 1.165) is 52.4 Å². The van der Waals surface area contributed by atoms with Crippen molar-refractivity contribution in [3.63, 3.8) is 0 Å². The summed E-state index contributed by atoms with van der Waals surface area (Å²) in [6, 6.07) is 12.3. The number of thiophene rings is 1. The average Bonchev–Trinajstić information content (AvgIpc) is 3.39. The van der Waals surface area contributed by atoms with Crippen molar-refractivity contribution in [1.82, 2.24) is 14.7 Å². The third-order valence-corrected chi connectivity index (χ3v) is 7.05. The van der Waals surface area contributed by atoms with Crippen molar-refractivity contribution in [3.05, 3.63) is 47.0 Å². The number of nitrogens with zero attached hydrogens (tertiary/aromatic N) is 3. The minimum Gasteiger partial charge on any atom is -0.337 e. The minimum atomic E-state index is 0. The predicted octanol–water partition coefficient (Wildman–Crippen LogP) is 3.63. The summed E-state index contributed by atoms with van der Waals surface area (Å²) in [7, 11) is 0. The van der Waals surface area contributed by atoms with Crippen molar-refractivity contribution in [2.24, 2.45) is 17.6 Å². The SMILES string of the molecule is Cc1nn(-c2ccccc2)c2sc(C(=O)N3CC4CCC(N)C4C3)cc12.Cl. The van der Waals surface area contributed by atoms with Crippen LogP contribution in [0, 0.1) is 18.8 Å². The van der Waals surface area contributed by atoms with Gasteiger partial charge in [0.1, 0.15) is 4.83 Å². The molecule has 1 saturated heterocycles. The Hall–Kier alpha value is -1.89. The number of likely N-dealkylation sites (tertiary alicyclic amines) is 1. The smallest absolute Gasteiger partial charge is 0.264 e. The first-order valence-corrected chi connectivity index (χ1v) is 10.0. The highest BCUT2D eigenvalue weighted by molar-refractivity contribution is 7.20. The van der Waals surface area contributed by atoms with Gasteiger partial charge in [0.2, 0.25) is 0 Å². The highest BCUT2D eigenvalue weighted by Crippen LogP contribution is 2.39. The summed E-state index contributed by atoms with van der Waals surface area (Å²) in [5, 5.41) is 5.73. The number of amides is 1. The van der Waals surface area contributed by atoms with E-state index in [0.29, 0.717) is 11.8 Å². The molecule has 1 saturated carbocycles. The van der Waals surface area contributed by atoms with Crippen molar-refractivity contribution < 1.29 is 4.79 Å². The molecule has 1 aliphatic carbocycles. The van der Waals surface area contributed by atoms with Crippen LogP contribution >= 0.6 is 23.7 Å². The van der Waals surface area contributed by atoms with E-state index in [2.05, 4.69) is 5.10 Å². The van der Waals surface area contributed by atoms with E-state index in [1.165, 1.54) is 0 Å². The van der Waals surface area contributed by atoms with Crippen molar-refractivity contribution in [3.8, 4) is 5.69 Å². The molecule has 5 nitrogen and oxygen atoms in total. The van der Waals surface area contributed by atoms with Gasteiger partial charge in [-0.1, -0.05) is 18.2 Å². The van der Waals surface area contributed by atoms with Gasteiger partial charge in [0.05, 0.1) is 16.3 Å². The zero-order valence-electron chi connectivity index (χ0n) is 15.2. The Morgan fingerprint density at radius 1 is 1.22 bits per heavy atom. The fraction of sp³-hybridized carbons (Fsp3) is 0.400. The van der Waals surface area contributed by atoms with Crippen LogP contribution < -0.4 is 5.73 Å². The molecule has 3 unspecified atom stereocenters. The quantitative estimate of drug-likeness (QED) is 0.711. The van der Waals surface area contributed by atoms with E-state index in [1.807, 2.05) is 52.9 Å². The zero-order chi connectivity index (χ0) is 17.8. The van der Waals surface area contributed by atoms with Crippen LogP contribution in [0.25, 0.3) is 15.9 Å². The van der Waals surface area contributed by atoms with E-state index in [9.17, 15) is 4.79 Å². The molecule has 3 heterocycles. The second kappa shape index (κ2) is 6.93. The van der Waals surface area contributed by atoms with Crippen LogP contribution in [0.4, 0.5) is 0 Å². The normalized spacial score (nSPS) is 24.2. The lowest BCUT2D eigenvalue weighted by Gasteiger charge is -2.17. The maximum atomic E-state index is 13.1. The first kappa shape index (κ1) is 18.5. The van der Waals surface area contributed by atoms with Gasteiger partial charge in [-0.15, -0.1) is 23.7 Å². The Morgan fingerprint density at radius 3 is 2.74 bits per heavy atom. The summed E-state index contributed by atoms with van der Waals surface area (Å²) in [6.45, 7) is 3.67. The number of hydrogen-bond acceptors (Lipinski definition) is 4. The number of aromatic nitrogens is 2. The van der Waals surface area contributed by atoms with Crippen LogP contribution in [-0.2, 0) is 0 Å². The largest absolute Gasteiger partial charge is 0.337 e. The molecule has 1 aromatic carbocycles. The van der Waals surface area contributed by atoms with Gasteiger partial charge < -0.3 is 10.6 Å². The molecule has 2 aliphatic rings. The third-order valence-electron chi connectivity index (χ3n) is 5.96. The average molecular weight is 403 g/mol. The summed E-state index contributed by atoms with van der Waals surface area (Å²) >= 11 is 1.54. The van der Waals surface area contributed by atoms with Crippen LogP contribution in [0.1, 0.15) is 28.2 Å². The lowest BCUT2D eigenvalue weighted by Crippen LogP contribution is -2.33. The molecule has 1 aliphatic heterocycles. The highest BCUT2D eigenvalue weighted by Gasteiger charge is 2.42. The monoisotopic (exact) mass is 402 g/mol. The molecule has 0 bridgehead atoms. The van der Waals surface area contributed by atoms with E-state index in [-0.39, 0.29) is 24.4 Å². The van der Waals surface area contributed by atoms with Crippen molar-refractivity contribution >= 4 is 39.9 Å². The lowest BCUT2D eigenvalue weighted by atomic mass is 9.98. The van der Waals surface area contributed by atoms with E-state index < -0.39 is 0 Å². The number of benzene rings is 1. The Morgan fingerprint density at radius 2 is 2.00 bits per heavy atom. The number of hydrogen-bond donors (Lipinski definition) is 1. The van der Waals surface area contributed by atoms with E-state index in [1.54, 1.807) is 11.3 Å². The number of rotatable bonds is 2. The summed E-state index contributed by atoms with van der Waals surface area (Å²) in [5.41, 5.74) is 8.20. The first-order valence-electron chi connectivity index (χ1n) is 9.21. The number of carbonyl (C=O) groups excluding carboxylic acids is 1. The predicted molar refractivity (Wildman–Crippen MR) is 111 cm³/mol. The van der Waals surface area contributed by atoms with Gasteiger partial charge in [-0.05, 0) is 49.8 Å². The number of aryl methyl sites for hydroxylation is 1. The Bertz CT molecular complexity index is 983. The molecule has 2 aromatic heterocycles. The lowest BCUT2D eigenvalue weighted by molar-refractivity contribution is 0.0784. The standard InChI is InChI=1S/C20H22N4OS.ClH/c1-12-15-9-18(19(25)23-10-13-7-8-17(21)16(13)11-23)26-20(15)24(22-12)14-5-3-2-4-6-14;/h2-6,9,13,16-17H,7-8,10-11,21H2,1H3;1H. The molecule has 2 N–H and O–H groups in total. The fourth-order valence-corrected chi connectivity index (χ4v) is 5.68. The molecule has 5 rings (SSSR count). The van der Waals surface area contributed by atoms with Gasteiger partial charge in [-0.25, -0.2) is 4.68 Å². The summed E-state index contributed by atoms with van der Waals surface area (Å²) < 4.78 is 1.95. The molecule has 1 amide bonds. The molecule has 0 spiro atoms. The number of carbonyl (C=O) groups is 1. The van der Waals surface area contributed by atoms with Crippen molar-refractivity contribution in [2.75, 3.05) is 13.1 Å².